The molecule has 0 aliphatic carbocycles. The summed E-state index contributed by atoms with van der Waals surface area (Å²) in [6, 6.07) is 9.55. The second-order valence-corrected chi connectivity index (χ2v) is 5.32. The van der Waals surface area contributed by atoms with Crippen molar-refractivity contribution in [1.29, 1.82) is 0 Å². The number of pyridine rings is 1. The van der Waals surface area contributed by atoms with Crippen LogP contribution in [0, 0.1) is 0 Å². The first-order valence-corrected chi connectivity index (χ1v) is 7.35. The van der Waals surface area contributed by atoms with Gasteiger partial charge in [0.2, 0.25) is 0 Å². The van der Waals surface area contributed by atoms with E-state index in [1.807, 2.05) is 24.3 Å². The highest BCUT2D eigenvalue weighted by molar-refractivity contribution is 9.10. The van der Waals surface area contributed by atoms with E-state index >= 15 is 0 Å². The molecule has 0 bridgehead atoms. The van der Waals surface area contributed by atoms with Crippen LogP contribution in [0.15, 0.2) is 34.8 Å². The van der Waals surface area contributed by atoms with Gasteiger partial charge in [0.25, 0.3) is 5.91 Å². The number of benzene rings is 1. The van der Waals surface area contributed by atoms with Crippen molar-refractivity contribution in [2.75, 3.05) is 6.54 Å². The first kappa shape index (κ1) is 14.0. The third-order valence-corrected chi connectivity index (χ3v) is 3.62. The number of rotatable bonds is 5. The fraction of sp³-hybridized carbons (Fsp3) is 0.333. The Morgan fingerprint density at radius 2 is 2.11 bits per heavy atom. The monoisotopic (exact) mass is 320 g/mol. The van der Waals surface area contributed by atoms with Crippen molar-refractivity contribution in [3.8, 4) is 0 Å². The summed E-state index contributed by atoms with van der Waals surface area (Å²) < 4.78 is 0.900. The Hall–Kier alpha value is -1.42. The molecular weight excluding hydrogens is 304 g/mol. The van der Waals surface area contributed by atoms with Gasteiger partial charge in [-0.05, 0) is 18.6 Å². The molecule has 0 atom stereocenters. The number of unbranched alkanes of at least 4 members (excludes halogenated alkanes) is 2. The van der Waals surface area contributed by atoms with Crippen molar-refractivity contribution >= 4 is 32.7 Å². The summed E-state index contributed by atoms with van der Waals surface area (Å²) in [5, 5.41) is 3.92. The summed E-state index contributed by atoms with van der Waals surface area (Å²) >= 11 is 3.49. The second-order valence-electron chi connectivity index (χ2n) is 4.47. The van der Waals surface area contributed by atoms with Gasteiger partial charge in [0, 0.05) is 16.4 Å². The molecule has 0 saturated carbocycles. The topological polar surface area (TPSA) is 42.0 Å². The van der Waals surface area contributed by atoms with Crippen molar-refractivity contribution in [1.82, 2.24) is 10.3 Å². The smallest absolute Gasteiger partial charge is 0.269 e. The van der Waals surface area contributed by atoms with Crippen LogP contribution in [0.1, 0.15) is 36.7 Å². The lowest BCUT2D eigenvalue weighted by Crippen LogP contribution is -2.25. The van der Waals surface area contributed by atoms with Crippen LogP contribution in [0.2, 0.25) is 0 Å². The lowest BCUT2D eigenvalue weighted by Gasteiger charge is -2.06. The van der Waals surface area contributed by atoms with Crippen LogP contribution in [-0.2, 0) is 0 Å². The standard InChI is InChI=1S/C15H17BrN2O/c1-2-3-6-9-17-15(19)14-10-12(16)11-7-4-5-8-13(11)18-14/h4-5,7-8,10H,2-3,6,9H2,1H3,(H,17,19). The number of carbonyl (C=O) groups is 1. The molecule has 1 aromatic heterocycles. The van der Waals surface area contributed by atoms with E-state index in [0.29, 0.717) is 12.2 Å². The highest BCUT2D eigenvalue weighted by atomic mass is 79.9. The fourth-order valence-corrected chi connectivity index (χ4v) is 2.47. The molecule has 1 aromatic carbocycles. The Balaban J connectivity index is 2.14. The quantitative estimate of drug-likeness (QED) is 0.848. The van der Waals surface area contributed by atoms with E-state index in [-0.39, 0.29) is 5.91 Å². The summed E-state index contributed by atoms with van der Waals surface area (Å²) in [7, 11) is 0. The predicted octanol–water partition coefficient (Wildman–Crippen LogP) is 3.92. The number of hydrogen-bond donors (Lipinski definition) is 1. The minimum absolute atomic E-state index is 0.109. The van der Waals surface area contributed by atoms with Gasteiger partial charge in [0.1, 0.15) is 5.69 Å². The maximum atomic E-state index is 12.0. The van der Waals surface area contributed by atoms with E-state index in [0.717, 1.165) is 34.6 Å². The fourth-order valence-electron chi connectivity index (χ4n) is 1.92. The third kappa shape index (κ3) is 3.53. The van der Waals surface area contributed by atoms with Crippen molar-refractivity contribution < 1.29 is 4.79 Å². The van der Waals surface area contributed by atoms with Crippen LogP contribution in [0.4, 0.5) is 0 Å². The Bertz CT molecular complexity index is 583. The maximum Gasteiger partial charge on any atom is 0.269 e. The molecule has 19 heavy (non-hydrogen) atoms. The average Bonchev–Trinajstić information content (AvgIpc) is 2.43. The van der Waals surface area contributed by atoms with Crippen molar-refractivity contribution in [3.63, 3.8) is 0 Å². The summed E-state index contributed by atoms with van der Waals surface area (Å²) in [5.41, 5.74) is 1.29. The molecule has 2 aromatic rings. The van der Waals surface area contributed by atoms with E-state index in [4.69, 9.17) is 0 Å². The van der Waals surface area contributed by atoms with Gasteiger partial charge in [-0.3, -0.25) is 4.79 Å². The van der Waals surface area contributed by atoms with Gasteiger partial charge in [0.15, 0.2) is 0 Å². The number of aromatic nitrogens is 1. The van der Waals surface area contributed by atoms with Crippen LogP contribution in [0.3, 0.4) is 0 Å². The van der Waals surface area contributed by atoms with Crippen LogP contribution >= 0.6 is 15.9 Å². The van der Waals surface area contributed by atoms with E-state index in [1.54, 1.807) is 6.07 Å². The Morgan fingerprint density at radius 1 is 1.32 bits per heavy atom. The normalized spacial score (nSPS) is 10.6. The first-order chi connectivity index (χ1) is 9.22. The van der Waals surface area contributed by atoms with Crippen LogP contribution in [-0.4, -0.2) is 17.4 Å². The molecule has 2 rings (SSSR count). The minimum atomic E-state index is -0.109. The van der Waals surface area contributed by atoms with E-state index in [9.17, 15) is 4.79 Å². The molecule has 1 heterocycles. The number of fused-ring (bicyclic) bond motifs is 1. The summed E-state index contributed by atoms with van der Waals surface area (Å²) in [4.78, 5) is 16.4. The Kier molecular flexibility index (Phi) is 4.91. The third-order valence-electron chi connectivity index (χ3n) is 2.96. The molecule has 0 spiro atoms. The van der Waals surface area contributed by atoms with Gasteiger partial charge >= 0.3 is 0 Å². The molecule has 1 amide bonds. The lowest BCUT2D eigenvalue weighted by molar-refractivity contribution is 0.0948. The van der Waals surface area contributed by atoms with Gasteiger partial charge in [-0.25, -0.2) is 4.98 Å². The van der Waals surface area contributed by atoms with Gasteiger partial charge in [0.05, 0.1) is 5.52 Å². The summed E-state index contributed by atoms with van der Waals surface area (Å²) in [6.07, 6.45) is 3.29. The molecule has 3 nitrogen and oxygen atoms in total. The number of nitrogens with one attached hydrogen (secondary N) is 1. The minimum Gasteiger partial charge on any atom is -0.351 e. The van der Waals surface area contributed by atoms with Crippen molar-refractivity contribution in [2.24, 2.45) is 0 Å². The molecule has 0 saturated heterocycles. The molecule has 0 unspecified atom stereocenters. The average molecular weight is 321 g/mol. The van der Waals surface area contributed by atoms with Crippen LogP contribution in [0.5, 0.6) is 0 Å². The van der Waals surface area contributed by atoms with Gasteiger partial charge in [-0.2, -0.15) is 0 Å². The maximum absolute atomic E-state index is 12.0. The van der Waals surface area contributed by atoms with E-state index < -0.39 is 0 Å². The van der Waals surface area contributed by atoms with Gasteiger partial charge < -0.3 is 5.32 Å². The molecular formula is C15H17BrN2O. The van der Waals surface area contributed by atoms with E-state index in [1.165, 1.54) is 0 Å². The number of amides is 1. The van der Waals surface area contributed by atoms with Crippen molar-refractivity contribution in [2.45, 2.75) is 26.2 Å². The number of hydrogen-bond acceptors (Lipinski definition) is 2. The lowest BCUT2D eigenvalue weighted by atomic mass is 10.2. The van der Waals surface area contributed by atoms with Gasteiger partial charge in [-0.15, -0.1) is 0 Å². The molecule has 0 aliphatic heterocycles. The molecule has 0 aliphatic rings. The number of carbonyl (C=O) groups excluding carboxylic acids is 1. The van der Waals surface area contributed by atoms with Gasteiger partial charge in [-0.1, -0.05) is 53.9 Å². The van der Waals surface area contributed by atoms with Crippen LogP contribution < -0.4 is 5.32 Å². The molecule has 1 N–H and O–H groups in total. The highest BCUT2D eigenvalue weighted by Crippen LogP contribution is 2.23. The number of nitrogens with zero attached hydrogens (tertiary/aromatic N) is 1. The zero-order valence-electron chi connectivity index (χ0n) is 10.9. The first-order valence-electron chi connectivity index (χ1n) is 6.56. The predicted molar refractivity (Wildman–Crippen MR) is 81.3 cm³/mol. The second kappa shape index (κ2) is 6.66. The van der Waals surface area contributed by atoms with Crippen molar-refractivity contribution in [3.05, 3.63) is 40.5 Å². The Labute approximate surface area is 121 Å². The largest absolute Gasteiger partial charge is 0.351 e. The summed E-state index contributed by atoms with van der Waals surface area (Å²) in [5.74, 6) is -0.109. The number of halogens is 1. The molecule has 0 fully saturated rings. The molecule has 100 valence electrons. The Morgan fingerprint density at radius 3 is 2.89 bits per heavy atom. The molecule has 0 radical (unpaired) electrons. The zero-order valence-corrected chi connectivity index (χ0v) is 12.5. The SMILES string of the molecule is CCCCCNC(=O)c1cc(Br)c2ccccc2n1. The summed E-state index contributed by atoms with van der Waals surface area (Å²) in [6.45, 7) is 2.85. The zero-order chi connectivity index (χ0) is 13.7. The van der Waals surface area contributed by atoms with Crippen LogP contribution in [0.25, 0.3) is 10.9 Å². The van der Waals surface area contributed by atoms with E-state index in [2.05, 4.69) is 33.2 Å². The highest BCUT2D eigenvalue weighted by Gasteiger charge is 2.10. The molecule has 4 heteroatoms. The number of para-hydroxylation sites is 1.